The maximum atomic E-state index is 13.6. The fraction of sp³-hybridized carbons (Fsp3) is 0.261. The number of nitrogens with one attached hydrogen (secondary N) is 1. The lowest BCUT2D eigenvalue weighted by Gasteiger charge is -2.38. The average Bonchev–Trinajstić information content (AvgIpc) is 3.10. The first-order valence-corrected chi connectivity index (χ1v) is 10.2. The Kier molecular flexibility index (Phi) is 4.29. The van der Waals surface area contributed by atoms with Gasteiger partial charge in [0.05, 0.1) is 0 Å². The zero-order valence-electron chi connectivity index (χ0n) is 16.6. The van der Waals surface area contributed by atoms with Gasteiger partial charge in [-0.15, -0.1) is 5.10 Å². The highest BCUT2D eigenvalue weighted by Crippen LogP contribution is 2.45. The van der Waals surface area contributed by atoms with Crippen molar-refractivity contribution in [1.29, 1.82) is 0 Å². The SMILES string of the molecule is CC1(C)CC(=O)C2=C(C1)Nc1nc(-c3cccc(Cl)c3)nn1C2c1ccc(F)cc1. The van der Waals surface area contributed by atoms with Gasteiger partial charge in [-0.1, -0.05) is 49.7 Å². The molecule has 0 fully saturated rings. The highest BCUT2D eigenvalue weighted by atomic mass is 35.5. The van der Waals surface area contributed by atoms with Gasteiger partial charge in [0.15, 0.2) is 11.6 Å². The third-order valence-corrected chi connectivity index (χ3v) is 5.84. The zero-order chi connectivity index (χ0) is 21.0. The van der Waals surface area contributed by atoms with Gasteiger partial charge in [0.1, 0.15) is 11.9 Å². The minimum atomic E-state index is -0.458. The molecule has 30 heavy (non-hydrogen) atoms. The number of carbonyl (C=O) groups excluding carboxylic acids is 1. The molecule has 152 valence electrons. The Bertz CT molecular complexity index is 1200. The van der Waals surface area contributed by atoms with Crippen molar-refractivity contribution >= 4 is 23.3 Å². The number of hydrogen-bond donors (Lipinski definition) is 1. The summed E-state index contributed by atoms with van der Waals surface area (Å²) in [5, 5.41) is 8.65. The number of nitrogens with zero attached hydrogens (tertiary/aromatic N) is 3. The summed E-state index contributed by atoms with van der Waals surface area (Å²) >= 11 is 6.14. The second kappa shape index (κ2) is 6.77. The lowest BCUT2D eigenvalue weighted by molar-refractivity contribution is -0.118. The first kappa shape index (κ1) is 19.0. The molecule has 1 aliphatic carbocycles. The van der Waals surface area contributed by atoms with E-state index in [9.17, 15) is 9.18 Å². The highest BCUT2D eigenvalue weighted by molar-refractivity contribution is 6.30. The summed E-state index contributed by atoms with van der Waals surface area (Å²) in [6.07, 6.45) is 1.18. The number of halogens is 2. The second-order valence-electron chi connectivity index (χ2n) is 8.63. The molecule has 1 atom stereocenters. The van der Waals surface area contributed by atoms with Crippen LogP contribution in [-0.2, 0) is 4.79 Å². The summed E-state index contributed by atoms with van der Waals surface area (Å²) in [6.45, 7) is 4.17. The lowest BCUT2D eigenvalue weighted by atomic mass is 9.73. The normalized spacial score (nSPS) is 19.9. The smallest absolute Gasteiger partial charge is 0.226 e. The zero-order valence-corrected chi connectivity index (χ0v) is 17.4. The van der Waals surface area contributed by atoms with E-state index in [0.29, 0.717) is 28.8 Å². The summed E-state index contributed by atoms with van der Waals surface area (Å²) < 4.78 is 15.3. The molecule has 0 radical (unpaired) electrons. The number of carbonyl (C=O) groups is 1. The average molecular weight is 423 g/mol. The molecule has 2 aliphatic rings. The van der Waals surface area contributed by atoms with E-state index in [2.05, 4.69) is 24.1 Å². The van der Waals surface area contributed by atoms with Crippen LogP contribution < -0.4 is 5.32 Å². The molecular formula is C23H20ClFN4O. The quantitative estimate of drug-likeness (QED) is 0.601. The van der Waals surface area contributed by atoms with Gasteiger partial charge in [-0.05, 0) is 41.7 Å². The van der Waals surface area contributed by atoms with E-state index in [4.69, 9.17) is 16.7 Å². The van der Waals surface area contributed by atoms with Gasteiger partial charge >= 0.3 is 0 Å². The third-order valence-electron chi connectivity index (χ3n) is 5.60. The standard InChI is InChI=1S/C23H20ClFN4O/c1-23(2)11-17-19(18(30)12-23)20(13-6-8-16(25)9-7-13)29-22(26-17)27-21(28-29)14-4-3-5-15(24)10-14/h3-10,20H,11-12H2,1-2H3,(H,26,27,28). The number of ketones is 1. The first-order chi connectivity index (χ1) is 14.3. The van der Waals surface area contributed by atoms with Crippen LogP contribution in [0.1, 0.15) is 38.3 Å². The number of aromatic nitrogens is 3. The molecule has 2 aromatic carbocycles. The topological polar surface area (TPSA) is 59.8 Å². The molecular weight excluding hydrogens is 403 g/mol. The van der Waals surface area contributed by atoms with Gasteiger partial charge in [0.25, 0.3) is 0 Å². The van der Waals surface area contributed by atoms with Crippen molar-refractivity contribution < 1.29 is 9.18 Å². The summed E-state index contributed by atoms with van der Waals surface area (Å²) in [6, 6.07) is 13.1. The van der Waals surface area contributed by atoms with Crippen molar-refractivity contribution in [1.82, 2.24) is 14.8 Å². The minimum absolute atomic E-state index is 0.0773. The number of rotatable bonds is 2. The third kappa shape index (κ3) is 3.21. The molecule has 0 amide bonds. The Morgan fingerprint density at radius 2 is 1.93 bits per heavy atom. The van der Waals surface area contributed by atoms with Crippen LogP contribution in [0.3, 0.4) is 0 Å². The van der Waals surface area contributed by atoms with E-state index < -0.39 is 6.04 Å². The molecule has 0 spiro atoms. The molecule has 0 saturated heterocycles. The number of anilines is 1. The minimum Gasteiger partial charge on any atom is -0.328 e. The second-order valence-corrected chi connectivity index (χ2v) is 9.06. The van der Waals surface area contributed by atoms with E-state index >= 15 is 0 Å². The van der Waals surface area contributed by atoms with Crippen LogP contribution in [0, 0.1) is 11.2 Å². The van der Waals surface area contributed by atoms with E-state index in [1.807, 2.05) is 12.1 Å². The summed E-state index contributed by atoms with van der Waals surface area (Å²) in [5.74, 6) is 0.826. The summed E-state index contributed by atoms with van der Waals surface area (Å²) in [5.41, 5.74) is 2.98. The maximum absolute atomic E-state index is 13.6. The first-order valence-electron chi connectivity index (χ1n) is 9.82. The van der Waals surface area contributed by atoms with Gasteiger partial charge in [-0.25, -0.2) is 9.07 Å². The van der Waals surface area contributed by atoms with Gasteiger partial charge in [0, 0.05) is 28.3 Å². The number of Topliss-reactive ketones (excluding diaryl/α,β-unsaturated/α-hetero) is 1. The molecule has 0 saturated carbocycles. The number of hydrogen-bond acceptors (Lipinski definition) is 4. The molecule has 1 aliphatic heterocycles. The van der Waals surface area contributed by atoms with Crippen LogP contribution in [0.2, 0.25) is 5.02 Å². The van der Waals surface area contributed by atoms with Crippen molar-refractivity contribution in [2.75, 3.05) is 5.32 Å². The largest absolute Gasteiger partial charge is 0.328 e. The molecule has 5 rings (SSSR count). The van der Waals surface area contributed by atoms with E-state index in [-0.39, 0.29) is 17.0 Å². The van der Waals surface area contributed by atoms with Gasteiger partial charge in [-0.3, -0.25) is 4.79 Å². The van der Waals surface area contributed by atoms with Gasteiger partial charge in [-0.2, -0.15) is 4.98 Å². The van der Waals surface area contributed by atoms with Crippen molar-refractivity contribution in [2.24, 2.45) is 5.41 Å². The Balaban J connectivity index is 1.68. The monoisotopic (exact) mass is 422 g/mol. The van der Waals surface area contributed by atoms with Crippen LogP contribution in [0.4, 0.5) is 10.3 Å². The Morgan fingerprint density at radius 1 is 1.17 bits per heavy atom. The highest BCUT2D eigenvalue weighted by Gasteiger charge is 2.41. The Hall–Kier alpha value is -2.99. The van der Waals surface area contributed by atoms with Crippen LogP contribution in [0.5, 0.6) is 0 Å². The van der Waals surface area contributed by atoms with Crippen molar-refractivity contribution in [3.05, 3.63) is 76.2 Å². The van der Waals surface area contributed by atoms with Crippen LogP contribution in [0.25, 0.3) is 11.4 Å². The number of allylic oxidation sites excluding steroid dienone is 2. The number of benzene rings is 2. The molecule has 1 unspecified atom stereocenters. The van der Waals surface area contributed by atoms with Gasteiger partial charge in [0.2, 0.25) is 5.95 Å². The summed E-state index contributed by atoms with van der Waals surface area (Å²) in [7, 11) is 0. The van der Waals surface area contributed by atoms with Crippen LogP contribution >= 0.6 is 11.6 Å². The predicted molar refractivity (Wildman–Crippen MR) is 114 cm³/mol. The van der Waals surface area contributed by atoms with Crippen LogP contribution in [-0.4, -0.2) is 20.5 Å². The molecule has 0 bridgehead atoms. The summed E-state index contributed by atoms with van der Waals surface area (Å²) in [4.78, 5) is 17.9. The molecule has 3 aromatic rings. The van der Waals surface area contributed by atoms with Crippen LogP contribution in [0.15, 0.2) is 59.8 Å². The molecule has 1 aromatic heterocycles. The molecule has 7 heteroatoms. The molecule has 2 heterocycles. The fourth-order valence-electron chi connectivity index (χ4n) is 4.31. The Morgan fingerprint density at radius 3 is 2.67 bits per heavy atom. The van der Waals surface area contributed by atoms with Crippen molar-refractivity contribution in [3.8, 4) is 11.4 Å². The maximum Gasteiger partial charge on any atom is 0.226 e. The van der Waals surface area contributed by atoms with Crippen molar-refractivity contribution in [2.45, 2.75) is 32.7 Å². The van der Waals surface area contributed by atoms with E-state index in [0.717, 1.165) is 23.2 Å². The van der Waals surface area contributed by atoms with Gasteiger partial charge < -0.3 is 5.32 Å². The van der Waals surface area contributed by atoms with E-state index in [1.165, 1.54) is 12.1 Å². The Labute approximate surface area is 178 Å². The predicted octanol–water partition coefficient (Wildman–Crippen LogP) is 5.40. The fourth-order valence-corrected chi connectivity index (χ4v) is 4.50. The van der Waals surface area contributed by atoms with E-state index in [1.54, 1.807) is 28.9 Å². The molecule has 5 nitrogen and oxygen atoms in total. The molecule has 1 N–H and O–H groups in total. The number of fused-ring (bicyclic) bond motifs is 1. The lowest BCUT2D eigenvalue weighted by Crippen LogP contribution is -2.36. The van der Waals surface area contributed by atoms with Crippen molar-refractivity contribution in [3.63, 3.8) is 0 Å².